The standard InChI is InChI=1S/C11H15NO4/c13-8-4-1-2-5-9(14)12(8)11(10(15)16)6-3-7-11/h1-7H2,(H,15,16). The summed E-state index contributed by atoms with van der Waals surface area (Å²) in [7, 11) is 0. The summed E-state index contributed by atoms with van der Waals surface area (Å²) in [6.45, 7) is 0. The van der Waals surface area contributed by atoms with Crippen LogP contribution in [-0.4, -0.2) is 33.3 Å². The molecule has 0 radical (unpaired) electrons. The summed E-state index contributed by atoms with van der Waals surface area (Å²) < 4.78 is 0. The minimum Gasteiger partial charge on any atom is -0.479 e. The van der Waals surface area contributed by atoms with Crippen molar-refractivity contribution in [3.8, 4) is 0 Å². The third-order valence-electron chi connectivity index (χ3n) is 3.54. The molecule has 5 nitrogen and oxygen atoms in total. The predicted molar refractivity (Wildman–Crippen MR) is 54.5 cm³/mol. The lowest BCUT2D eigenvalue weighted by atomic mass is 9.75. The fraction of sp³-hybridized carbons (Fsp3) is 0.727. The number of hydrogen-bond donors (Lipinski definition) is 1. The van der Waals surface area contributed by atoms with Crippen molar-refractivity contribution in [2.24, 2.45) is 0 Å². The number of likely N-dealkylation sites (tertiary alicyclic amines) is 1. The molecule has 0 aromatic heterocycles. The fourth-order valence-corrected chi connectivity index (χ4v) is 2.44. The molecule has 2 fully saturated rings. The number of aliphatic carboxylic acids is 1. The van der Waals surface area contributed by atoms with E-state index in [9.17, 15) is 19.5 Å². The van der Waals surface area contributed by atoms with Crippen molar-refractivity contribution in [2.75, 3.05) is 0 Å². The first-order chi connectivity index (χ1) is 7.58. The van der Waals surface area contributed by atoms with Crippen LogP contribution in [0.25, 0.3) is 0 Å². The quantitative estimate of drug-likeness (QED) is 0.709. The molecule has 16 heavy (non-hydrogen) atoms. The Labute approximate surface area is 93.4 Å². The first-order valence-electron chi connectivity index (χ1n) is 5.67. The number of amides is 2. The molecule has 2 amide bonds. The Balaban J connectivity index is 2.31. The second-order valence-corrected chi connectivity index (χ2v) is 4.52. The van der Waals surface area contributed by atoms with E-state index in [0.29, 0.717) is 38.5 Å². The van der Waals surface area contributed by atoms with Gasteiger partial charge in [-0.15, -0.1) is 0 Å². The van der Waals surface area contributed by atoms with E-state index in [4.69, 9.17) is 0 Å². The summed E-state index contributed by atoms with van der Waals surface area (Å²) in [5.74, 6) is -1.67. The van der Waals surface area contributed by atoms with E-state index in [1.807, 2.05) is 0 Å². The van der Waals surface area contributed by atoms with E-state index in [1.165, 1.54) is 0 Å². The Morgan fingerprint density at radius 1 is 1.06 bits per heavy atom. The number of carboxylic acid groups (broad SMARTS) is 1. The van der Waals surface area contributed by atoms with Crippen LogP contribution in [-0.2, 0) is 14.4 Å². The van der Waals surface area contributed by atoms with Crippen LogP contribution in [0, 0.1) is 0 Å². The molecule has 88 valence electrons. The summed E-state index contributed by atoms with van der Waals surface area (Å²) in [5.41, 5.74) is -1.22. The average Bonchev–Trinajstić information content (AvgIpc) is 2.29. The van der Waals surface area contributed by atoms with Crippen LogP contribution >= 0.6 is 0 Å². The van der Waals surface area contributed by atoms with Crippen molar-refractivity contribution in [2.45, 2.75) is 50.5 Å². The van der Waals surface area contributed by atoms with Gasteiger partial charge in [0.05, 0.1) is 0 Å². The molecule has 1 N–H and O–H groups in total. The number of carbonyl (C=O) groups excluding carboxylic acids is 2. The van der Waals surface area contributed by atoms with E-state index in [-0.39, 0.29) is 11.8 Å². The maximum absolute atomic E-state index is 11.8. The molecular weight excluding hydrogens is 210 g/mol. The summed E-state index contributed by atoms with van der Waals surface area (Å²) in [5, 5.41) is 9.22. The third kappa shape index (κ3) is 1.50. The van der Waals surface area contributed by atoms with Crippen LogP contribution in [0.5, 0.6) is 0 Å². The molecule has 1 saturated heterocycles. The number of nitrogens with zero attached hydrogens (tertiary/aromatic N) is 1. The Hall–Kier alpha value is -1.39. The number of imide groups is 1. The van der Waals surface area contributed by atoms with Crippen LogP contribution in [0.15, 0.2) is 0 Å². The molecule has 1 aliphatic carbocycles. The van der Waals surface area contributed by atoms with Crippen LogP contribution in [0.4, 0.5) is 0 Å². The highest BCUT2D eigenvalue weighted by Gasteiger charge is 2.53. The maximum Gasteiger partial charge on any atom is 0.330 e. The highest BCUT2D eigenvalue weighted by molar-refractivity contribution is 6.02. The van der Waals surface area contributed by atoms with E-state index < -0.39 is 11.5 Å². The van der Waals surface area contributed by atoms with Gasteiger partial charge in [0.15, 0.2) is 0 Å². The van der Waals surface area contributed by atoms with Gasteiger partial charge >= 0.3 is 5.97 Å². The number of rotatable bonds is 2. The smallest absolute Gasteiger partial charge is 0.330 e. The molecular formula is C11H15NO4. The molecule has 2 rings (SSSR count). The van der Waals surface area contributed by atoms with Gasteiger partial charge in [0.2, 0.25) is 11.8 Å². The van der Waals surface area contributed by atoms with Gasteiger partial charge in [0.1, 0.15) is 5.54 Å². The molecule has 1 aliphatic heterocycles. The van der Waals surface area contributed by atoms with Crippen LogP contribution < -0.4 is 0 Å². The van der Waals surface area contributed by atoms with Gasteiger partial charge in [-0.1, -0.05) is 0 Å². The predicted octanol–water partition coefficient (Wildman–Crippen LogP) is 0.923. The molecule has 0 atom stereocenters. The topological polar surface area (TPSA) is 74.7 Å². The van der Waals surface area contributed by atoms with Gasteiger partial charge in [-0.2, -0.15) is 0 Å². The molecule has 1 saturated carbocycles. The van der Waals surface area contributed by atoms with Crippen molar-refractivity contribution in [3.05, 3.63) is 0 Å². The average molecular weight is 225 g/mol. The molecule has 5 heteroatoms. The van der Waals surface area contributed by atoms with Crippen molar-refractivity contribution in [3.63, 3.8) is 0 Å². The Kier molecular flexibility index (Phi) is 2.69. The fourth-order valence-electron chi connectivity index (χ4n) is 2.44. The molecule has 0 unspecified atom stereocenters. The number of carboxylic acids is 1. The molecule has 2 aliphatic rings. The van der Waals surface area contributed by atoms with Gasteiger partial charge in [-0.25, -0.2) is 4.79 Å². The zero-order chi connectivity index (χ0) is 11.8. The minimum absolute atomic E-state index is 0.292. The lowest BCUT2D eigenvalue weighted by molar-refractivity contribution is -0.172. The molecule has 0 spiro atoms. The molecule has 1 heterocycles. The lowest BCUT2D eigenvalue weighted by Crippen LogP contribution is -2.62. The van der Waals surface area contributed by atoms with Crippen LogP contribution in [0.1, 0.15) is 44.9 Å². The van der Waals surface area contributed by atoms with Crippen LogP contribution in [0.3, 0.4) is 0 Å². The normalized spacial score (nSPS) is 24.9. The Morgan fingerprint density at radius 2 is 1.56 bits per heavy atom. The zero-order valence-electron chi connectivity index (χ0n) is 9.07. The summed E-state index contributed by atoms with van der Waals surface area (Å²) in [6.07, 6.45) is 3.51. The van der Waals surface area contributed by atoms with Crippen molar-refractivity contribution >= 4 is 17.8 Å². The lowest BCUT2D eigenvalue weighted by Gasteiger charge is -2.45. The highest BCUT2D eigenvalue weighted by Crippen LogP contribution is 2.39. The van der Waals surface area contributed by atoms with E-state index >= 15 is 0 Å². The van der Waals surface area contributed by atoms with Crippen LogP contribution in [0.2, 0.25) is 0 Å². The zero-order valence-corrected chi connectivity index (χ0v) is 9.07. The summed E-state index contributed by atoms with van der Waals surface area (Å²) in [4.78, 5) is 35.9. The van der Waals surface area contributed by atoms with Gasteiger partial charge in [0.25, 0.3) is 0 Å². The molecule has 0 bridgehead atoms. The Bertz CT molecular complexity index is 328. The highest BCUT2D eigenvalue weighted by atomic mass is 16.4. The first-order valence-corrected chi connectivity index (χ1v) is 5.67. The van der Waals surface area contributed by atoms with E-state index in [1.54, 1.807) is 0 Å². The molecule has 0 aromatic carbocycles. The maximum atomic E-state index is 11.8. The van der Waals surface area contributed by atoms with Gasteiger partial charge in [-0.3, -0.25) is 14.5 Å². The van der Waals surface area contributed by atoms with Crippen molar-refractivity contribution < 1.29 is 19.5 Å². The Morgan fingerprint density at radius 3 is 1.88 bits per heavy atom. The monoisotopic (exact) mass is 225 g/mol. The SMILES string of the molecule is O=C1CCCCC(=O)N1C1(C(=O)O)CCC1. The van der Waals surface area contributed by atoms with Gasteiger partial charge < -0.3 is 5.11 Å². The van der Waals surface area contributed by atoms with Gasteiger partial charge in [-0.05, 0) is 32.1 Å². The van der Waals surface area contributed by atoms with Crippen molar-refractivity contribution in [1.82, 2.24) is 4.90 Å². The summed E-state index contributed by atoms with van der Waals surface area (Å²) in [6, 6.07) is 0. The second kappa shape index (κ2) is 3.88. The minimum atomic E-state index is -1.22. The largest absolute Gasteiger partial charge is 0.479 e. The second-order valence-electron chi connectivity index (χ2n) is 4.52. The third-order valence-corrected chi connectivity index (χ3v) is 3.54. The number of hydrogen-bond acceptors (Lipinski definition) is 3. The van der Waals surface area contributed by atoms with Crippen molar-refractivity contribution in [1.29, 1.82) is 0 Å². The molecule has 0 aromatic rings. The van der Waals surface area contributed by atoms with E-state index in [2.05, 4.69) is 0 Å². The number of carbonyl (C=O) groups is 3. The summed E-state index contributed by atoms with van der Waals surface area (Å²) >= 11 is 0. The van der Waals surface area contributed by atoms with Gasteiger partial charge in [0, 0.05) is 12.8 Å². The van der Waals surface area contributed by atoms with E-state index in [0.717, 1.165) is 11.3 Å². The first kappa shape index (κ1) is 11.1.